The van der Waals surface area contributed by atoms with Crippen molar-refractivity contribution in [3.8, 4) is 5.75 Å². The second-order valence-corrected chi connectivity index (χ2v) is 2.41. The molecule has 1 aliphatic heterocycles. The number of rotatable bonds is 0. The zero-order chi connectivity index (χ0) is 7.14. The first-order valence-electron chi connectivity index (χ1n) is 2.80. The van der Waals surface area contributed by atoms with Crippen molar-refractivity contribution < 1.29 is 9.53 Å². The summed E-state index contributed by atoms with van der Waals surface area (Å²) >= 11 is 5.65. The molecule has 2 nitrogen and oxygen atoms in total. The maximum absolute atomic E-state index is 10.6. The number of hydrogen-bond acceptors (Lipinski definition) is 2. The van der Waals surface area contributed by atoms with Crippen molar-refractivity contribution in [3.05, 3.63) is 28.8 Å². The van der Waals surface area contributed by atoms with Gasteiger partial charge >= 0.3 is 5.97 Å². The number of halogens is 1. The maximum Gasteiger partial charge on any atom is 0.347 e. The number of ether oxygens (including phenoxy) is 1. The van der Waals surface area contributed by atoms with Gasteiger partial charge in [0.25, 0.3) is 0 Å². The van der Waals surface area contributed by atoms with Gasteiger partial charge in [0, 0.05) is 0 Å². The highest BCUT2D eigenvalue weighted by molar-refractivity contribution is 6.33. The fourth-order valence-electron chi connectivity index (χ4n) is 0.875. The minimum absolute atomic E-state index is 0.294. The Morgan fingerprint density at radius 1 is 1.40 bits per heavy atom. The Morgan fingerprint density at radius 3 is 2.80 bits per heavy atom. The van der Waals surface area contributed by atoms with E-state index in [1.165, 1.54) is 0 Å². The smallest absolute Gasteiger partial charge is 0.347 e. The third-order valence-corrected chi connectivity index (χ3v) is 1.68. The first-order valence-corrected chi connectivity index (χ1v) is 3.17. The average Bonchev–Trinajstić information content (AvgIpc) is 1.91. The highest BCUT2D eigenvalue weighted by atomic mass is 35.5. The Kier molecular flexibility index (Phi) is 0.995. The number of hydrogen-bond donors (Lipinski definition) is 0. The van der Waals surface area contributed by atoms with E-state index in [0.717, 1.165) is 0 Å². The molecule has 0 radical (unpaired) electrons. The summed E-state index contributed by atoms with van der Waals surface area (Å²) in [5, 5.41) is 0.497. The Hall–Kier alpha value is -1.02. The molecule has 0 saturated heterocycles. The summed E-state index contributed by atoms with van der Waals surface area (Å²) in [6, 6.07) is 5.10. The van der Waals surface area contributed by atoms with Crippen molar-refractivity contribution in [1.29, 1.82) is 0 Å². The van der Waals surface area contributed by atoms with Crippen LogP contribution in [0.3, 0.4) is 0 Å². The van der Waals surface area contributed by atoms with Crippen molar-refractivity contribution >= 4 is 17.6 Å². The molecule has 0 N–H and O–H groups in total. The predicted octanol–water partition coefficient (Wildman–Crippen LogP) is 1.87. The molecule has 0 unspecified atom stereocenters. The molecule has 0 saturated carbocycles. The topological polar surface area (TPSA) is 26.3 Å². The summed E-state index contributed by atoms with van der Waals surface area (Å²) in [6.45, 7) is 0. The molecule has 0 aromatic heterocycles. The van der Waals surface area contributed by atoms with Gasteiger partial charge in [0.1, 0.15) is 5.56 Å². The lowest BCUT2D eigenvalue weighted by atomic mass is 10.1. The molecule has 1 heterocycles. The number of fused-ring (bicyclic) bond motifs is 1. The average molecular weight is 155 g/mol. The van der Waals surface area contributed by atoms with Crippen LogP contribution in [0, 0.1) is 0 Å². The van der Waals surface area contributed by atoms with Crippen LogP contribution in [-0.2, 0) is 0 Å². The fourth-order valence-corrected chi connectivity index (χ4v) is 1.09. The molecule has 0 bridgehead atoms. The summed E-state index contributed by atoms with van der Waals surface area (Å²) in [7, 11) is 0. The van der Waals surface area contributed by atoms with Crippen LogP contribution in [0.2, 0.25) is 5.02 Å². The predicted molar refractivity (Wildman–Crippen MR) is 36.4 cm³/mol. The minimum Gasteiger partial charge on any atom is -0.420 e. The van der Waals surface area contributed by atoms with Crippen LogP contribution < -0.4 is 4.74 Å². The van der Waals surface area contributed by atoms with Gasteiger partial charge in [-0.3, -0.25) is 0 Å². The van der Waals surface area contributed by atoms with Gasteiger partial charge in [-0.05, 0) is 12.1 Å². The number of carbonyl (C=O) groups is 1. The van der Waals surface area contributed by atoms with Gasteiger partial charge < -0.3 is 4.74 Å². The SMILES string of the molecule is O=C1Oc2c(Cl)cccc21. The van der Waals surface area contributed by atoms with Crippen LogP contribution >= 0.6 is 11.6 Å². The van der Waals surface area contributed by atoms with Gasteiger partial charge in [-0.25, -0.2) is 4.79 Å². The molecule has 10 heavy (non-hydrogen) atoms. The highest BCUT2D eigenvalue weighted by Crippen LogP contribution is 2.35. The summed E-state index contributed by atoms with van der Waals surface area (Å²) in [5.74, 6) is 0.215. The molecular weight excluding hydrogens is 152 g/mol. The van der Waals surface area contributed by atoms with Crippen LogP contribution in [0.1, 0.15) is 10.4 Å². The molecule has 50 valence electrons. The Labute approximate surface area is 62.4 Å². The molecule has 3 heteroatoms. The number of benzene rings is 1. The summed E-state index contributed by atoms with van der Waals surface area (Å²) in [4.78, 5) is 10.6. The van der Waals surface area contributed by atoms with Crippen LogP contribution in [0.25, 0.3) is 0 Å². The van der Waals surface area contributed by atoms with Crippen LogP contribution in [-0.4, -0.2) is 5.97 Å². The molecule has 1 aromatic rings. The van der Waals surface area contributed by atoms with Gasteiger partial charge in [0.2, 0.25) is 0 Å². The van der Waals surface area contributed by atoms with E-state index in [-0.39, 0.29) is 5.97 Å². The van der Waals surface area contributed by atoms with Gasteiger partial charge in [0.15, 0.2) is 5.75 Å². The molecule has 2 rings (SSSR count). The second kappa shape index (κ2) is 1.73. The summed E-state index contributed by atoms with van der Waals surface area (Å²) in [5.41, 5.74) is 0.576. The molecule has 0 aliphatic carbocycles. The third-order valence-electron chi connectivity index (χ3n) is 1.38. The Bertz CT molecular complexity index is 306. The zero-order valence-corrected chi connectivity index (χ0v) is 5.68. The van der Waals surface area contributed by atoms with Crippen molar-refractivity contribution in [2.24, 2.45) is 0 Å². The number of para-hydroxylation sites is 1. The van der Waals surface area contributed by atoms with E-state index < -0.39 is 0 Å². The first kappa shape index (κ1) is 5.74. The van der Waals surface area contributed by atoms with Gasteiger partial charge in [0.05, 0.1) is 5.02 Å². The van der Waals surface area contributed by atoms with Crippen molar-refractivity contribution in [1.82, 2.24) is 0 Å². The summed E-state index contributed by atoms with van der Waals surface area (Å²) < 4.78 is 4.64. The van der Waals surface area contributed by atoms with E-state index in [0.29, 0.717) is 16.3 Å². The molecule has 1 aliphatic rings. The summed E-state index contributed by atoms with van der Waals surface area (Å²) in [6.07, 6.45) is 0. The normalized spacial score (nSPS) is 13.5. The van der Waals surface area contributed by atoms with Crippen molar-refractivity contribution in [2.45, 2.75) is 0 Å². The lowest BCUT2D eigenvalue weighted by molar-refractivity contribution is 0.0659. The first-order chi connectivity index (χ1) is 4.79. The lowest BCUT2D eigenvalue weighted by Crippen LogP contribution is -2.20. The number of esters is 1. The maximum atomic E-state index is 10.6. The number of carbonyl (C=O) groups excluding carboxylic acids is 1. The minimum atomic E-state index is -0.294. The Balaban J connectivity index is 2.66. The largest absolute Gasteiger partial charge is 0.420 e. The zero-order valence-electron chi connectivity index (χ0n) is 4.93. The monoisotopic (exact) mass is 154 g/mol. The second-order valence-electron chi connectivity index (χ2n) is 2.01. The van der Waals surface area contributed by atoms with E-state index in [2.05, 4.69) is 4.74 Å². The van der Waals surface area contributed by atoms with Crippen LogP contribution in [0.4, 0.5) is 0 Å². The van der Waals surface area contributed by atoms with Gasteiger partial charge in [-0.2, -0.15) is 0 Å². The van der Waals surface area contributed by atoms with E-state index in [1.54, 1.807) is 18.2 Å². The molecule has 0 spiro atoms. The van der Waals surface area contributed by atoms with Crippen LogP contribution in [0.5, 0.6) is 5.75 Å². The quantitative estimate of drug-likeness (QED) is 0.534. The van der Waals surface area contributed by atoms with E-state index >= 15 is 0 Å². The van der Waals surface area contributed by atoms with Crippen molar-refractivity contribution in [3.63, 3.8) is 0 Å². The van der Waals surface area contributed by atoms with Gasteiger partial charge in [-0.15, -0.1) is 0 Å². The van der Waals surface area contributed by atoms with Gasteiger partial charge in [-0.1, -0.05) is 17.7 Å². The lowest BCUT2D eigenvalue weighted by Gasteiger charge is -2.17. The van der Waals surface area contributed by atoms with E-state index in [1.807, 2.05) is 0 Å². The fraction of sp³-hybridized carbons (Fsp3) is 0. The highest BCUT2D eigenvalue weighted by Gasteiger charge is 2.27. The Morgan fingerprint density at radius 2 is 2.20 bits per heavy atom. The van der Waals surface area contributed by atoms with E-state index in [4.69, 9.17) is 11.6 Å². The third kappa shape index (κ3) is 0.567. The molecular formula is C7H3ClO2. The molecule has 0 amide bonds. The van der Waals surface area contributed by atoms with Crippen LogP contribution in [0.15, 0.2) is 18.2 Å². The van der Waals surface area contributed by atoms with Crippen molar-refractivity contribution in [2.75, 3.05) is 0 Å². The molecule has 0 atom stereocenters. The molecule has 0 fully saturated rings. The standard InChI is InChI=1S/C7H3ClO2/c8-5-3-1-2-4-6(5)10-7(4)9/h1-3H. The van der Waals surface area contributed by atoms with E-state index in [9.17, 15) is 4.79 Å². The molecule has 1 aromatic carbocycles.